The topological polar surface area (TPSA) is 82.5 Å². The third-order valence-electron chi connectivity index (χ3n) is 5.26. The average Bonchev–Trinajstić information content (AvgIpc) is 3.05. The van der Waals surface area contributed by atoms with Crippen LogP contribution in [0.1, 0.15) is 6.42 Å². The van der Waals surface area contributed by atoms with Crippen molar-refractivity contribution in [2.24, 2.45) is 11.8 Å². The van der Waals surface area contributed by atoms with Crippen LogP contribution in [0.15, 0.2) is 35.4 Å². The average molecular weight is 343 g/mol. The minimum Gasteiger partial charge on any atom is -0.384 e. The molecule has 0 unspecified atom stereocenters. The molecule has 0 spiro atoms. The van der Waals surface area contributed by atoms with Crippen LogP contribution in [0.3, 0.4) is 0 Å². The van der Waals surface area contributed by atoms with E-state index in [-0.39, 0.29) is 36.1 Å². The molecule has 1 aliphatic carbocycles. The number of aromatic nitrogens is 2. The Morgan fingerprint density at radius 1 is 1.44 bits per heavy atom. The Morgan fingerprint density at radius 3 is 3.12 bits per heavy atom. The number of carbonyl (C=O) groups is 1. The molecular weight excluding hydrogens is 322 g/mol. The lowest BCUT2D eigenvalue weighted by atomic mass is 9.67. The first kappa shape index (κ1) is 16.2. The smallest absolute Gasteiger partial charge is 0.261 e. The molecule has 132 valence electrons. The van der Waals surface area contributed by atoms with Crippen LogP contribution in [0.2, 0.25) is 0 Å². The van der Waals surface area contributed by atoms with E-state index in [1.54, 1.807) is 25.3 Å². The highest BCUT2D eigenvalue weighted by Gasteiger charge is 2.54. The van der Waals surface area contributed by atoms with Crippen LogP contribution >= 0.6 is 0 Å². The Balaban J connectivity index is 1.47. The van der Waals surface area contributed by atoms with Crippen LogP contribution in [-0.2, 0) is 20.8 Å². The molecule has 1 aliphatic heterocycles. The second-order valence-corrected chi connectivity index (χ2v) is 6.70. The van der Waals surface area contributed by atoms with Gasteiger partial charge in [-0.1, -0.05) is 12.1 Å². The number of fused-ring (bicyclic) bond motifs is 2. The summed E-state index contributed by atoms with van der Waals surface area (Å²) in [5, 5.41) is 3.58. The van der Waals surface area contributed by atoms with Gasteiger partial charge in [0.2, 0.25) is 5.91 Å². The van der Waals surface area contributed by atoms with Gasteiger partial charge in [0.15, 0.2) is 0 Å². The van der Waals surface area contributed by atoms with Crippen LogP contribution in [0.4, 0.5) is 0 Å². The predicted octanol–water partition coefficient (Wildman–Crippen LogP) is 0.563. The van der Waals surface area contributed by atoms with Gasteiger partial charge in [0.25, 0.3) is 5.56 Å². The summed E-state index contributed by atoms with van der Waals surface area (Å²) in [5.41, 5.74) is 0.430. The summed E-state index contributed by atoms with van der Waals surface area (Å²) in [5.74, 6) is 0.332. The molecule has 2 fully saturated rings. The Morgan fingerprint density at radius 2 is 2.28 bits per heavy atom. The van der Waals surface area contributed by atoms with Crippen LogP contribution in [0.25, 0.3) is 10.9 Å². The molecule has 1 saturated carbocycles. The first-order valence-electron chi connectivity index (χ1n) is 8.53. The zero-order valence-corrected chi connectivity index (χ0v) is 14.1. The van der Waals surface area contributed by atoms with E-state index in [1.165, 1.54) is 10.9 Å². The first-order valence-corrected chi connectivity index (χ1v) is 8.53. The van der Waals surface area contributed by atoms with Crippen molar-refractivity contribution in [3.63, 3.8) is 0 Å². The fourth-order valence-corrected chi connectivity index (χ4v) is 4.04. The third-order valence-corrected chi connectivity index (χ3v) is 5.26. The number of carbonyl (C=O) groups excluding carboxylic acids is 1. The van der Waals surface area contributed by atoms with Crippen LogP contribution in [-0.4, -0.2) is 47.9 Å². The Bertz CT molecular complexity index is 850. The summed E-state index contributed by atoms with van der Waals surface area (Å²) in [7, 11) is 1.65. The number of para-hydroxylation sites is 1. The molecule has 7 heteroatoms. The summed E-state index contributed by atoms with van der Waals surface area (Å²) in [6.07, 6.45) is 2.56. The number of rotatable bonds is 5. The second kappa shape index (κ2) is 6.57. The molecule has 2 aliphatic rings. The molecule has 0 bridgehead atoms. The zero-order chi connectivity index (χ0) is 17.4. The van der Waals surface area contributed by atoms with Crippen molar-refractivity contribution in [3.05, 3.63) is 40.9 Å². The van der Waals surface area contributed by atoms with Crippen LogP contribution < -0.4 is 10.9 Å². The van der Waals surface area contributed by atoms with Gasteiger partial charge in [-0.25, -0.2) is 4.98 Å². The van der Waals surface area contributed by atoms with E-state index in [0.717, 1.165) is 13.0 Å². The molecule has 1 aromatic heterocycles. The molecule has 4 rings (SSSR count). The summed E-state index contributed by atoms with van der Waals surface area (Å²) in [4.78, 5) is 29.2. The summed E-state index contributed by atoms with van der Waals surface area (Å²) < 4.78 is 12.3. The highest BCUT2D eigenvalue weighted by molar-refractivity contribution is 5.79. The molecule has 1 aromatic carbocycles. The molecule has 1 amide bonds. The minimum absolute atomic E-state index is 0.0366. The van der Waals surface area contributed by atoms with E-state index in [9.17, 15) is 9.59 Å². The van der Waals surface area contributed by atoms with E-state index in [1.807, 2.05) is 6.07 Å². The molecular formula is C18H21N3O4. The van der Waals surface area contributed by atoms with Gasteiger partial charge in [0, 0.05) is 31.6 Å². The number of nitrogens with zero attached hydrogens (tertiary/aromatic N) is 2. The molecule has 2 heterocycles. The van der Waals surface area contributed by atoms with E-state index >= 15 is 0 Å². The van der Waals surface area contributed by atoms with E-state index in [4.69, 9.17) is 9.47 Å². The van der Waals surface area contributed by atoms with Crippen molar-refractivity contribution in [2.75, 3.05) is 20.3 Å². The molecule has 1 N–H and O–H groups in total. The Hall–Kier alpha value is -2.25. The van der Waals surface area contributed by atoms with E-state index in [2.05, 4.69) is 10.3 Å². The fourth-order valence-electron chi connectivity index (χ4n) is 4.04. The SMILES string of the molecule is COC[C@H]1[C@H](NC(=O)Cn2cnc3ccccc3c2=O)[C@H]2CCO[C@H]21. The van der Waals surface area contributed by atoms with E-state index in [0.29, 0.717) is 23.4 Å². The normalized spacial score (nSPS) is 27.7. The lowest BCUT2D eigenvalue weighted by Gasteiger charge is -2.47. The summed E-state index contributed by atoms with van der Waals surface area (Å²) in [6.45, 7) is 1.25. The molecule has 25 heavy (non-hydrogen) atoms. The highest BCUT2D eigenvalue weighted by Crippen LogP contribution is 2.43. The molecule has 0 radical (unpaired) electrons. The van der Waals surface area contributed by atoms with Gasteiger partial charge in [0.05, 0.1) is 29.9 Å². The summed E-state index contributed by atoms with van der Waals surface area (Å²) in [6, 6.07) is 7.17. The van der Waals surface area contributed by atoms with Crippen molar-refractivity contribution in [1.29, 1.82) is 0 Å². The molecule has 2 aromatic rings. The number of benzene rings is 1. The minimum atomic E-state index is -0.204. The molecule has 4 atom stereocenters. The van der Waals surface area contributed by atoms with Gasteiger partial charge in [-0.15, -0.1) is 0 Å². The Kier molecular flexibility index (Phi) is 4.27. The number of methoxy groups -OCH3 is 1. The number of hydrogen-bond acceptors (Lipinski definition) is 5. The number of ether oxygens (including phenoxy) is 2. The standard InChI is InChI=1S/C18H21N3O4/c1-24-9-13-16(12-6-7-25-17(12)13)20-15(22)8-21-10-19-14-5-3-2-4-11(14)18(21)23/h2-5,10,12-13,16-17H,6-9H2,1H3,(H,20,22)/t12-,13+,16-,17-/m1/s1. The quantitative estimate of drug-likeness (QED) is 0.858. The van der Waals surface area contributed by atoms with Crippen molar-refractivity contribution in [2.45, 2.75) is 25.1 Å². The maximum atomic E-state index is 12.5. The number of nitrogens with one attached hydrogen (secondary N) is 1. The van der Waals surface area contributed by atoms with Gasteiger partial charge in [-0.05, 0) is 18.6 Å². The predicted molar refractivity (Wildman–Crippen MR) is 91.1 cm³/mol. The van der Waals surface area contributed by atoms with Gasteiger partial charge >= 0.3 is 0 Å². The number of hydrogen-bond donors (Lipinski definition) is 1. The van der Waals surface area contributed by atoms with Gasteiger partial charge < -0.3 is 14.8 Å². The monoisotopic (exact) mass is 343 g/mol. The maximum absolute atomic E-state index is 12.5. The third kappa shape index (κ3) is 2.83. The summed E-state index contributed by atoms with van der Waals surface area (Å²) >= 11 is 0. The van der Waals surface area contributed by atoms with Gasteiger partial charge in [-0.3, -0.25) is 14.2 Å². The van der Waals surface area contributed by atoms with Gasteiger partial charge in [-0.2, -0.15) is 0 Å². The first-order chi connectivity index (χ1) is 12.2. The van der Waals surface area contributed by atoms with E-state index < -0.39 is 0 Å². The number of amides is 1. The highest BCUT2D eigenvalue weighted by atomic mass is 16.5. The zero-order valence-electron chi connectivity index (χ0n) is 14.1. The Labute approximate surface area is 145 Å². The second-order valence-electron chi connectivity index (χ2n) is 6.70. The van der Waals surface area contributed by atoms with Crippen molar-refractivity contribution in [3.8, 4) is 0 Å². The lowest BCUT2D eigenvalue weighted by molar-refractivity contribution is -0.130. The lowest BCUT2D eigenvalue weighted by Crippen LogP contribution is -2.63. The van der Waals surface area contributed by atoms with Crippen molar-refractivity contribution in [1.82, 2.24) is 14.9 Å². The molecule has 7 nitrogen and oxygen atoms in total. The maximum Gasteiger partial charge on any atom is 0.261 e. The largest absolute Gasteiger partial charge is 0.384 e. The van der Waals surface area contributed by atoms with Crippen LogP contribution in [0, 0.1) is 11.8 Å². The fraction of sp³-hybridized carbons (Fsp3) is 0.500. The van der Waals surface area contributed by atoms with Gasteiger partial charge in [0.1, 0.15) is 6.54 Å². The molecule has 1 saturated heterocycles. The van der Waals surface area contributed by atoms with Crippen LogP contribution in [0.5, 0.6) is 0 Å². The van der Waals surface area contributed by atoms with Crippen molar-refractivity contribution < 1.29 is 14.3 Å². The van der Waals surface area contributed by atoms with Crippen molar-refractivity contribution >= 4 is 16.8 Å².